The van der Waals surface area contributed by atoms with Crippen LogP contribution in [0.25, 0.3) is 0 Å². The van der Waals surface area contributed by atoms with Gasteiger partial charge in [-0.1, -0.05) is 24.1 Å². The third kappa shape index (κ3) is 4.01. The van der Waals surface area contributed by atoms with E-state index in [4.69, 9.17) is 11.2 Å². The van der Waals surface area contributed by atoms with Gasteiger partial charge < -0.3 is 19.4 Å². The van der Waals surface area contributed by atoms with Crippen molar-refractivity contribution in [3.8, 4) is 12.3 Å². The van der Waals surface area contributed by atoms with Crippen LogP contribution in [0, 0.1) is 12.3 Å². The molecular weight excluding hydrogens is 414 g/mol. The largest absolute Gasteiger partial charge is 0.436 e. The lowest BCUT2D eigenvalue weighted by atomic mass is 9.74. The van der Waals surface area contributed by atoms with Crippen LogP contribution in [-0.2, 0) is 14.9 Å². The molecule has 0 saturated carbocycles. The number of piperidine rings is 1. The summed E-state index contributed by atoms with van der Waals surface area (Å²) in [7, 11) is 0. The lowest BCUT2D eigenvalue weighted by Crippen LogP contribution is -2.50. The summed E-state index contributed by atoms with van der Waals surface area (Å²) in [5.74, 6) is 2.54. The quantitative estimate of drug-likeness (QED) is 0.642. The van der Waals surface area contributed by atoms with E-state index in [9.17, 15) is 9.59 Å². The van der Waals surface area contributed by atoms with Crippen LogP contribution in [0.2, 0.25) is 0 Å². The summed E-state index contributed by atoms with van der Waals surface area (Å²) in [5.41, 5.74) is 2.56. The first-order valence-corrected chi connectivity index (χ1v) is 12.5. The maximum Gasteiger partial charge on any atom is 0.411 e. The van der Waals surface area contributed by atoms with Crippen molar-refractivity contribution in [2.75, 3.05) is 31.1 Å². The van der Waals surface area contributed by atoms with Crippen LogP contribution in [0.5, 0.6) is 0 Å². The molecule has 5 rings (SSSR count). The Hall–Kier alpha value is -2.52. The van der Waals surface area contributed by atoms with Crippen LogP contribution in [0.1, 0.15) is 63.9 Å². The first kappa shape index (κ1) is 22.3. The standard InChI is InChI=1S/C27H35N3O3/c1-3-18-33-26(32)30-22-10-8-21(9-11-23(30)13-12-22)28-16-14-27(15-17-28)19-29(20(2)31)25-7-5-4-6-24(25)27/h1,4-7,21-23H,8-19H2,2H3. The van der Waals surface area contributed by atoms with Gasteiger partial charge in [-0.15, -0.1) is 6.42 Å². The van der Waals surface area contributed by atoms with Crippen molar-refractivity contribution in [3.63, 3.8) is 0 Å². The van der Waals surface area contributed by atoms with Gasteiger partial charge >= 0.3 is 6.09 Å². The van der Waals surface area contributed by atoms with Gasteiger partial charge in [0.05, 0.1) is 0 Å². The number of benzene rings is 1. The number of anilines is 1. The monoisotopic (exact) mass is 449 g/mol. The second-order valence-electron chi connectivity index (χ2n) is 10.3. The molecule has 1 aromatic carbocycles. The Bertz CT molecular complexity index is 930. The Morgan fingerprint density at radius 1 is 1.03 bits per heavy atom. The fourth-order valence-corrected chi connectivity index (χ4v) is 6.94. The third-order valence-electron chi connectivity index (χ3n) is 8.65. The number of hydrogen-bond acceptors (Lipinski definition) is 4. The molecule has 2 unspecified atom stereocenters. The predicted molar refractivity (Wildman–Crippen MR) is 128 cm³/mol. The fourth-order valence-electron chi connectivity index (χ4n) is 6.94. The van der Waals surface area contributed by atoms with Crippen LogP contribution >= 0.6 is 0 Å². The van der Waals surface area contributed by atoms with Gasteiger partial charge in [-0.25, -0.2) is 4.79 Å². The molecule has 2 atom stereocenters. The van der Waals surface area contributed by atoms with E-state index in [-0.39, 0.29) is 36.1 Å². The van der Waals surface area contributed by atoms with Crippen molar-refractivity contribution in [1.82, 2.24) is 9.80 Å². The van der Waals surface area contributed by atoms with Crippen LogP contribution in [-0.4, -0.2) is 66.2 Å². The van der Waals surface area contributed by atoms with Gasteiger partial charge in [0.1, 0.15) is 0 Å². The van der Waals surface area contributed by atoms with E-state index < -0.39 is 0 Å². The molecule has 6 nitrogen and oxygen atoms in total. The summed E-state index contributed by atoms with van der Waals surface area (Å²) in [5, 5.41) is 0. The summed E-state index contributed by atoms with van der Waals surface area (Å²) >= 11 is 0. The number of nitrogens with zero attached hydrogens (tertiary/aromatic N) is 3. The number of carbonyl (C=O) groups is 2. The fraction of sp³-hybridized carbons (Fsp3) is 0.630. The van der Waals surface area contributed by atoms with Crippen LogP contribution in [0.4, 0.5) is 10.5 Å². The number of fused-ring (bicyclic) bond motifs is 4. The summed E-state index contributed by atoms with van der Waals surface area (Å²) in [6.07, 6.45) is 13.7. The molecule has 4 aliphatic rings. The first-order chi connectivity index (χ1) is 16.0. The van der Waals surface area contributed by atoms with E-state index >= 15 is 0 Å². The van der Waals surface area contributed by atoms with E-state index in [2.05, 4.69) is 29.0 Å². The average molecular weight is 450 g/mol. The molecule has 0 radical (unpaired) electrons. The van der Waals surface area contributed by atoms with Gasteiger partial charge in [0.25, 0.3) is 0 Å². The molecule has 0 aliphatic carbocycles. The molecule has 4 aliphatic heterocycles. The number of rotatable bonds is 2. The lowest BCUT2D eigenvalue weighted by Gasteiger charge is -2.44. The highest BCUT2D eigenvalue weighted by Crippen LogP contribution is 2.47. The molecule has 0 N–H and O–H groups in total. The van der Waals surface area contributed by atoms with E-state index in [1.807, 2.05) is 15.9 Å². The highest BCUT2D eigenvalue weighted by molar-refractivity contribution is 5.94. The Morgan fingerprint density at radius 3 is 2.24 bits per heavy atom. The topological polar surface area (TPSA) is 53.1 Å². The molecule has 2 bridgehead atoms. The highest BCUT2D eigenvalue weighted by Gasteiger charge is 2.47. The second-order valence-corrected chi connectivity index (χ2v) is 10.3. The van der Waals surface area contributed by atoms with E-state index in [0.29, 0.717) is 6.04 Å². The Kier molecular flexibility index (Phi) is 6.09. The molecular formula is C27H35N3O3. The molecule has 33 heavy (non-hydrogen) atoms. The lowest BCUT2D eigenvalue weighted by molar-refractivity contribution is -0.116. The zero-order valence-electron chi connectivity index (χ0n) is 19.7. The molecule has 3 fully saturated rings. The molecule has 1 spiro atoms. The number of ether oxygens (including phenoxy) is 1. The molecule has 2 amide bonds. The molecule has 0 aromatic heterocycles. The summed E-state index contributed by atoms with van der Waals surface area (Å²) in [6.45, 7) is 4.71. The number of carbonyl (C=O) groups excluding carboxylic acids is 2. The Balaban J connectivity index is 1.23. The van der Waals surface area contributed by atoms with Crippen molar-refractivity contribution >= 4 is 17.7 Å². The second kappa shape index (κ2) is 9.02. The summed E-state index contributed by atoms with van der Waals surface area (Å²) < 4.78 is 5.27. The van der Waals surface area contributed by atoms with E-state index in [1.54, 1.807) is 6.92 Å². The maximum absolute atomic E-state index is 12.6. The zero-order chi connectivity index (χ0) is 23.0. The van der Waals surface area contributed by atoms with Crippen LogP contribution < -0.4 is 4.90 Å². The molecule has 4 heterocycles. The average Bonchev–Trinajstić information content (AvgIpc) is 3.39. The number of likely N-dealkylation sites (tertiary alicyclic amines) is 1. The van der Waals surface area contributed by atoms with Crippen molar-refractivity contribution in [3.05, 3.63) is 29.8 Å². The van der Waals surface area contributed by atoms with Crippen molar-refractivity contribution in [2.24, 2.45) is 0 Å². The van der Waals surface area contributed by atoms with Crippen molar-refractivity contribution < 1.29 is 14.3 Å². The minimum Gasteiger partial charge on any atom is -0.436 e. The minimum absolute atomic E-state index is 0.0527. The van der Waals surface area contributed by atoms with Gasteiger partial charge in [-0.3, -0.25) is 4.79 Å². The first-order valence-electron chi connectivity index (χ1n) is 12.5. The van der Waals surface area contributed by atoms with Crippen molar-refractivity contribution in [2.45, 2.75) is 81.8 Å². The molecule has 3 saturated heterocycles. The van der Waals surface area contributed by atoms with E-state index in [0.717, 1.165) is 76.7 Å². The SMILES string of the molecule is C#CCOC(=O)N1C2CCC(N3CCC4(CC3)CN(C(C)=O)c3ccccc34)CCC1CC2. The summed E-state index contributed by atoms with van der Waals surface area (Å²) in [6, 6.07) is 9.63. The van der Waals surface area contributed by atoms with Gasteiger partial charge in [0, 0.05) is 42.7 Å². The maximum atomic E-state index is 12.6. The smallest absolute Gasteiger partial charge is 0.411 e. The van der Waals surface area contributed by atoms with Crippen molar-refractivity contribution in [1.29, 1.82) is 0 Å². The van der Waals surface area contributed by atoms with E-state index in [1.165, 1.54) is 5.56 Å². The predicted octanol–water partition coefficient (Wildman–Crippen LogP) is 3.93. The molecule has 176 valence electrons. The van der Waals surface area contributed by atoms with Gasteiger partial charge in [-0.05, 0) is 76.1 Å². The third-order valence-corrected chi connectivity index (χ3v) is 8.65. The number of amides is 2. The molecule has 6 heteroatoms. The molecule has 1 aromatic rings. The highest BCUT2D eigenvalue weighted by atomic mass is 16.6. The van der Waals surface area contributed by atoms with Crippen LogP contribution in [0.15, 0.2) is 24.3 Å². The Morgan fingerprint density at radius 2 is 1.64 bits per heavy atom. The zero-order valence-corrected chi connectivity index (χ0v) is 19.7. The van der Waals surface area contributed by atoms with Crippen LogP contribution in [0.3, 0.4) is 0 Å². The normalized spacial score (nSPS) is 28.7. The van der Waals surface area contributed by atoms with Gasteiger partial charge in [-0.2, -0.15) is 0 Å². The summed E-state index contributed by atoms with van der Waals surface area (Å²) in [4.78, 5) is 31.5. The number of para-hydroxylation sites is 1. The Labute approximate surface area is 197 Å². The number of terminal acetylenes is 1. The van der Waals surface area contributed by atoms with Gasteiger partial charge in [0.15, 0.2) is 6.61 Å². The minimum atomic E-state index is -0.228. The number of hydrogen-bond donors (Lipinski definition) is 0. The van der Waals surface area contributed by atoms with Gasteiger partial charge in [0.2, 0.25) is 5.91 Å².